The molecule has 12 heteroatoms. The van der Waals surface area contributed by atoms with Crippen LogP contribution in [0.5, 0.6) is 0 Å². The van der Waals surface area contributed by atoms with E-state index in [0.29, 0.717) is 46.0 Å². The first-order chi connectivity index (χ1) is 16.0. The second kappa shape index (κ2) is 16.3. The van der Waals surface area contributed by atoms with Gasteiger partial charge in [0.25, 0.3) is 0 Å². The van der Waals surface area contributed by atoms with Gasteiger partial charge in [-0.05, 0) is 5.41 Å². The molecule has 5 unspecified atom stereocenters. The number of hydrogen-bond acceptors (Lipinski definition) is 10. The highest BCUT2D eigenvalue weighted by Crippen LogP contribution is 2.22. The lowest BCUT2D eigenvalue weighted by Gasteiger charge is -2.42. The van der Waals surface area contributed by atoms with Crippen LogP contribution in [0.4, 0.5) is 0 Å². The molecule has 0 saturated carbocycles. The largest absolute Gasteiger partial charge is 0.394 e. The van der Waals surface area contributed by atoms with Crippen molar-refractivity contribution in [3.05, 3.63) is 0 Å². The summed E-state index contributed by atoms with van der Waals surface area (Å²) in [6.07, 6.45) is -4.49. The van der Waals surface area contributed by atoms with E-state index >= 15 is 0 Å². The van der Waals surface area contributed by atoms with Gasteiger partial charge in [0.05, 0.1) is 52.9 Å². The monoisotopic (exact) mass is 494 g/mol. The first-order valence-electron chi connectivity index (χ1n) is 11.6. The molecule has 1 fully saturated rings. The molecular formula is C22H42N2O10. The van der Waals surface area contributed by atoms with Crippen LogP contribution in [-0.4, -0.2) is 117 Å². The lowest BCUT2D eigenvalue weighted by molar-refractivity contribution is -0.272. The molecule has 1 saturated heterocycles. The van der Waals surface area contributed by atoms with Gasteiger partial charge in [0.15, 0.2) is 6.29 Å². The molecule has 1 aliphatic rings. The maximum absolute atomic E-state index is 11.7. The van der Waals surface area contributed by atoms with E-state index in [9.17, 15) is 24.9 Å². The molecule has 0 aliphatic carbocycles. The summed E-state index contributed by atoms with van der Waals surface area (Å²) in [4.78, 5) is 23.1. The van der Waals surface area contributed by atoms with Crippen LogP contribution in [0.25, 0.3) is 0 Å². The van der Waals surface area contributed by atoms with Crippen LogP contribution in [0.2, 0.25) is 0 Å². The van der Waals surface area contributed by atoms with Crippen molar-refractivity contribution in [3.63, 3.8) is 0 Å². The molecule has 0 radical (unpaired) electrons. The SMILES string of the molecule is CC(=O)NC1C(OCCOCCOCCNC(=O)CCOCC(C)(C)C)OC(CO)C(O)C1O. The van der Waals surface area contributed by atoms with E-state index in [2.05, 4.69) is 31.4 Å². The molecule has 1 aliphatic heterocycles. The third-order valence-corrected chi connectivity index (χ3v) is 4.71. The number of aliphatic hydroxyl groups excluding tert-OH is 3. The van der Waals surface area contributed by atoms with Gasteiger partial charge in [-0.2, -0.15) is 0 Å². The molecule has 0 aromatic carbocycles. The highest BCUT2D eigenvalue weighted by Gasteiger charge is 2.45. The van der Waals surface area contributed by atoms with Gasteiger partial charge in [0.1, 0.15) is 24.4 Å². The Morgan fingerprint density at radius 1 is 0.941 bits per heavy atom. The molecule has 12 nitrogen and oxygen atoms in total. The van der Waals surface area contributed by atoms with Crippen LogP contribution >= 0.6 is 0 Å². The zero-order valence-corrected chi connectivity index (χ0v) is 20.7. The maximum atomic E-state index is 11.7. The van der Waals surface area contributed by atoms with Crippen LogP contribution in [0, 0.1) is 5.41 Å². The van der Waals surface area contributed by atoms with Crippen molar-refractivity contribution in [3.8, 4) is 0 Å². The Balaban J connectivity index is 2.09. The summed E-state index contributed by atoms with van der Waals surface area (Å²) in [6, 6.07) is -0.987. The summed E-state index contributed by atoms with van der Waals surface area (Å²) in [5, 5.41) is 34.7. The van der Waals surface area contributed by atoms with Gasteiger partial charge in [-0.3, -0.25) is 9.59 Å². The Bertz CT molecular complexity index is 587. The quantitative estimate of drug-likeness (QED) is 0.160. The Morgan fingerprint density at radius 3 is 2.21 bits per heavy atom. The Morgan fingerprint density at radius 2 is 1.59 bits per heavy atom. The molecule has 200 valence electrons. The van der Waals surface area contributed by atoms with Gasteiger partial charge >= 0.3 is 0 Å². The maximum Gasteiger partial charge on any atom is 0.222 e. The van der Waals surface area contributed by atoms with Gasteiger partial charge in [-0.15, -0.1) is 0 Å². The normalized spacial score (nSPS) is 25.2. The molecule has 0 bridgehead atoms. The van der Waals surface area contributed by atoms with Crippen molar-refractivity contribution in [2.24, 2.45) is 5.41 Å². The van der Waals surface area contributed by atoms with Crippen molar-refractivity contribution < 1.29 is 48.6 Å². The summed E-state index contributed by atoms with van der Waals surface area (Å²) in [5.74, 6) is -0.510. The number of nitrogens with one attached hydrogen (secondary N) is 2. The lowest BCUT2D eigenvalue weighted by atomic mass is 9.97. The first-order valence-corrected chi connectivity index (χ1v) is 11.6. The van der Waals surface area contributed by atoms with E-state index in [-0.39, 0.29) is 24.5 Å². The third kappa shape index (κ3) is 12.9. The topological polar surface area (TPSA) is 165 Å². The summed E-state index contributed by atoms with van der Waals surface area (Å²) in [6.45, 7) is 9.63. The van der Waals surface area contributed by atoms with Crippen molar-refractivity contribution in [1.29, 1.82) is 0 Å². The number of rotatable bonds is 16. The molecule has 0 aromatic rings. The molecule has 0 spiro atoms. The molecule has 5 atom stereocenters. The van der Waals surface area contributed by atoms with E-state index in [1.54, 1.807) is 0 Å². The van der Waals surface area contributed by atoms with E-state index in [0.717, 1.165) is 0 Å². The minimum Gasteiger partial charge on any atom is -0.394 e. The second-order valence-electron chi connectivity index (χ2n) is 9.24. The molecule has 1 rings (SSSR count). The second-order valence-corrected chi connectivity index (χ2v) is 9.24. The van der Waals surface area contributed by atoms with Gasteiger partial charge in [-0.25, -0.2) is 0 Å². The highest BCUT2D eigenvalue weighted by atomic mass is 16.7. The summed E-state index contributed by atoms with van der Waals surface area (Å²) >= 11 is 0. The zero-order chi connectivity index (χ0) is 25.6. The van der Waals surface area contributed by atoms with E-state index in [1.807, 2.05) is 0 Å². The van der Waals surface area contributed by atoms with E-state index in [1.165, 1.54) is 6.92 Å². The summed E-state index contributed by atoms with van der Waals surface area (Å²) < 4.78 is 27.2. The highest BCUT2D eigenvalue weighted by molar-refractivity contribution is 5.75. The fraction of sp³-hybridized carbons (Fsp3) is 0.909. The average Bonchev–Trinajstić information content (AvgIpc) is 2.76. The summed E-state index contributed by atoms with van der Waals surface area (Å²) in [5.41, 5.74) is 0.0757. The van der Waals surface area contributed by atoms with Crippen LogP contribution in [0.15, 0.2) is 0 Å². The van der Waals surface area contributed by atoms with Gasteiger partial charge in [-0.1, -0.05) is 20.8 Å². The number of aliphatic hydroxyl groups is 3. The molecule has 34 heavy (non-hydrogen) atoms. The average molecular weight is 495 g/mol. The minimum absolute atomic E-state index is 0.0757. The van der Waals surface area contributed by atoms with Crippen molar-refractivity contribution in [1.82, 2.24) is 10.6 Å². The van der Waals surface area contributed by atoms with Crippen LogP contribution in [-0.2, 0) is 33.3 Å². The standard InChI is InChI=1S/C22H42N2O10/c1-15(26)24-18-20(29)19(28)16(13-25)34-21(18)33-12-11-31-10-9-30-8-6-23-17(27)5-7-32-14-22(2,3)4/h16,18-21,25,28-29H,5-14H2,1-4H3,(H,23,27)(H,24,26). The Labute approximate surface area is 201 Å². The number of hydrogen-bond donors (Lipinski definition) is 5. The molecule has 5 N–H and O–H groups in total. The fourth-order valence-electron chi connectivity index (χ4n) is 3.05. The van der Waals surface area contributed by atoms with Crippen LogP contribution < -0.4 is 10.6 Å². The Kier molecular flexibility index (Phi) is 14.7. The minimum atomic E-state index is -1.36. The lowest BCUT2D eigenvalue weighted by Crippen LogP contribution is -2.64. The zero-order valence-electron chi connectivity index (χ0n) is 20.7. The summed E-state index contributed by atoms with van der Waals surface area (Å²) in [7, 11) is 0. The number of ether oxygens (including phenoxy) is 5. The van der Waals surface area contributed by atoms with E-state index in [4.69, 9.17) is 23.7 Å². The third-order valence-electron chi connectivity index (χ3n) is 4.71. The van der Waals surface area contributed by atoms with Gasteiger partial charge in [0.2, 0.25) is 11.8 Å². The van der Waals surface area contributed by atoms with Gasteiger partial charge in [0, 0.05) is 19.9 Å². The van der Waals surface area contributed by atoms with Crippen molar-refractivity contribution in [2.75, 3.05) is 59.4 Å². The predicted molar refractivity (Wildman–Crippen MR) is 121 cm³/mol. The fourth-order valence-corrected chi connectivity index (χ4v) is 3.05. The molecule has 1 heterocycles. The smallest absolute Gasteiger partial charge is 0.222 e. The number of amides is 2. The van der Waals surface area contributed by atoms with Gasteiger partial charge < -0.3 is 49.6 Å². The van der Waals surface area contributed by atoms with Crippen LogP contribution in [0.3, 0.4) is 0 Å². The number of carbonyl (C=O) groups is 2. The predicted octanol–water partition coefficient (Wildman–Crippen LogP) is -1.45. The Hall–Kier alpha value is -1.38. The molecular weight excluding hydrogens is 452 g/mol. The molecule has 2 amide bonds. The van der Waals surface area contributed by atoms with Crippen molar-refractivity contribution in [2.45, 2.75) is 64.8 Å². The number of carbonyl (C=O) groups excluding carboxylic acids is 2. The van der Waals surface area contributed by atoms with Crippen LogP contribution in [0.1, 0.15) is 34.1 Å². The first kappa shape index (κ1) is 30.7. The molecule has 0 aromatic heterocycles. The van der Waals surface area contributed by atoms with E-state index < -0.39 is 43.2 Å². The van der Waals surface area contributed by atoms with Crippen molar-refractivity contribution >= 4 is 11.8 Å².